The minimum absolute atomic E-state index is 0.109. The molecule has 0 aliphatic carbocycles. The van der Waals surface area contributed by atoms with E-state index in [0.29, 0.717) is 18.4 Å². The normalized spacial score (nSPS) is 12.6. The van der Waals surface area contributed by atoms with E-state index in [1.807, 2.05) is 25.4 Å². The average Bonchev–Trinajstić information content (AvgIpc) is 2.67. The molecule has 1 unspecified atom stereocenters. The maximum atomic E-state index is 13.4. The van der Waals surface area contributed by atoms with Gasteiger partial charge in [-0.05, 0) is 24.1 Å². The predicted molar refractivity (Wildman–Crippen MR) is 65.0 cm³/mol. The number of aromatic nitrogens is 2. The quantitative estimate of drug-likeness (QED) is 0.873. The van der Waals surface area contributed by atoms with Crippen molar-refractivity contribution >= 4 is 0 Å². The van der Waals surface area contributed by atoms with Gasteiger partial charge in [0.25, 0.3) is 0 Å². The van der Waals surface area contributed by atoms with Gasteiger partial charge in [-0.25, -0.2) is 4.39 Å². The molecule has 0 bridgehead atoms. The van der Waals surface area contributed by atoms with Crippen LogP contribution in [-0.2, 0) is 19.9 Å². The largest absolute Gasteiger partial charge is 0.327 e. The lowest BCUT2D eigenvalue weighted by molar-refractivity contribution is 0.579. The average molecular weight is 233 g/mol. The highest BCUT2D eigenvalue weighted by atomic mass is 19.1. The van der Waals surface area contributed by atoms with Crippen molar-refractivity contribution in [3.8, 4) is 0 Å². The van der Waals surface area contributed by atoms with Gasteiger partial charge in [-0.3, -0.25) is 4.68 Å². The Bertz CT molecular complexity index is 493. The molecule has 0 amide bonds. The number of hydrogen-bond donors (Lipinski definition) is 1. The second-order valence-electron chi connectivity index (χ2n) is 4.24. The first-order valence-corrected chi connectivity index (χ1v) is 5.62. The van der Waals surface area contributed by atoms with Crippen molar-refractivity contribution in [2.45, 2.75) is 18.9 Å². The van der Waals surface area contributed by atoms with Crippen molar-refractivity contribution in [1.82, 2.24) is 9.78 Å². The minimum atomic E-state index is -0.191. The van der Waals surface area contributed by atoms with Crippen molar-refractivity contribution in [2.24, 2.45) is 12.8 Å². The predicted octanol–water partition coefficient (Wildman–Crippen LogP) is 1.67. The molecular formula is C13H16FN3. The Morgan fingerprint density at radius 2 is 2.06 bits per heavy atom. The molecule has 4 heteroatoms. The second kappa shape index (κ2) is 5.10. The molecule has 1 aromatic carbocycles. The van der Waals surface area contributed by atoms with Gasteiger partial charge in [-0.2, -0.15) is 5.10 Å². The number of halogens is 1. The van der Waals surface area contributed by atoms with Gasteiger partial charge in [-0.1, -0.05) is 18.2 Å². The summed E-state index contributed by atoms with van der Waals surface area (Å²) >= 11 is 0. The molecule has 2 aromatic rings. The summed E-state index contributed by atoms with van der Waals surface area (Å²) < 4.78 is 15.2. The third-order valence-corrected chi connectivity index (χ3v) is 2.68. The fraction of sp³-hybridized carbons (Fsp3) is 0.308. The van der Waals surface area contributed by atoms with Crippen molar-refractivity contribution in [3.63, 3.8) is 0 Å². The smallest absolute Gasteiger partial charge is 0.126 e. The number of hydrogen-bond acceptors (Lipinski definition) is 2. The van der Waals surface area contributed by atoms with E-state index in [4.69, 9.17) is 5.73 Å². The van der Waals surface area contributed by atoms with Gasteiger partial charge in [0.15, 0.2) is 0 Å². The van der Waals surface area contributed by atoms with Crippen LogP contribution in [0.1, 0.15) is 11.3 Å². The van der Waals surface area contributed by atoms with E-state index in [-0.39, 0.29) is 11.9 Å². The standard InChI is InChI=1S/C13H16FN3/c1-17-7-6-12(16-17)9-11(15)8-10-4-2-3-5-13(10)14/h2-7,11H,8-9,15H2,1H3. The third-order valence-electron chi connectivity index (χ3n) is 2.68. The molecule has 1 heterocycles. The highest BCUT2D eigenvalue weighted by molar-refractivity contribution is 5.18. The maximum absolute atomic E-state index is 13.4. The Morgan fingerprint density at radius 3 is 2.71 bits per heavy atom. The molecule has 17 heavy (non-hydrogen) atoms. The monoisotopic (exact) mass is 233 g/mol. The zero-order chi connectivity index (χ0) is 12.3. The van der Waals surface area contributed by atoms with Gasteiger partial charge in [0.1, 0.15) is 5.82 Å². The molecule has 90 valence electrons. The molecule has 1 aromatic heterocycles. The van der Waals surface area contributed by atoms with Crippen LogP contribution < -0.4 is 5.73 Å². The molecule has 0 fully saturated rings. The van der Waals surface area contributed by atoms with Crippen LogP contribution in [0.15, 0.2) is 36.5 Å². The fourth-order valence-electron chi connectivity index (χ4n) is 1.86. The van der Waals surface area contributed by atoms with Crippen molar-refractivity contribution in [1.29, 1.82) is 0 Å². The molecule has 2 N–H and O–H groups in total. The minimum Gasteiger partial charge on any atom is -0.327 e. The molecule has 0 radical (unpaired) electrons. The van der Waals surface area contributed by atoms with Crippen LogP contribution in [0.5, 0.6) is 0 Å². The number of benzene rings is 1. The van der Waals surface area contributed by atoms with Crippen LogP contribution in [0, 0.1) is 5.82 Å². The van der Waals surface area contributed by atoms with E-state index in [9.17, 15) is 4.39 Å². The van der Waals surface area contributed by atoms with Gasteiger partial charge in [0.05, 0.1) is 5.69 Å². The van der Waals surface area contributed by atoms with E-state index < -0.39 is 0 Å². The summed E-state index contributed by atoms with van der Waals surface area (Å²) in [6.45, 7) is 0. The van der Waals surface area contributed by atoms with Gasteiger partial charge in [0.2, 0.25) is 0 Å². The van der Waals surface area contributed by atoms with Gasteiger partial charge in [0, 0.05) is 25.7 Å². The van der Waals surface area contributed by atoms with Crippen LogP contribution in [0.25, 0.3) is 0 Å². The topological polar surface area (TPSA) is 43.8 Å². The highest BCUT2D eigenvalue weighted by Crippen LogP contribution is 2.10. The number of nitrogens with zero attached hydrogens (tertiary/aromatic N) is 2. The van der Waals surface area contributed by atoms with E-state index >= 15 is 0 Å². The summed E-state index contributed by atoms with van der Waals surface area (Å²) in [4.78, 5) is 0. The van der Waals surface area contributed by atoms with E-state index in [0.717, 1.165) is 5.69 Å². The molecule has 1 atom stereocenters. The molecule has 2 rings (SSSR count). The second-order valence-corrected chi connectivity index (χ2v) is 4.24. The lowest BCUT2D eigenvalue weighted by atomic mass is 10.0. The Labute approximate surface area is 100 Å². The molecule has 0 saturated heterocycles. The van der Waals surface area contributed by atoms with E-state index in [1.54, 1.807) is 16.8 Å². The van der Waals surface area contributed by atoms with Gasteiger partial charge in [-0.15, -0.1) is 0 Å². The number of aryl methyl sites for hydroxylation is 1. The van der Waals surface area contributed by atoms with E-state index in [1.165, 1.54) is 6.07 Å². The lowest BCUT2D eigenvalue weighted by Gasteiger charge is -2.10. The van der Waals surface area contributed by atoms with Gasteiger partial charge < -0.3 is 5.73 Å². The van der Waals surface area contributed by atoms with Crippen molar-refractivity contribution in [2.75, 3.05) is 0 Å². The first-order chi connectivity index (χ1) is 8.15. The highest BCUT2D eigenvalue weighted by Gasteiger charge is 2.10. The zero-order valence-electron chi connectivity index (χ0n) is 9.81. The first-order valence-electron chi connectivity index (χ1n) is 5.62. The Hall–Kier alpha value is -1.68. The summed E-state index contributed by atoms with van der Waals surface area (Å²) in [7, 11) is 1.87. The van der Waals surface area contributed by atoms with Crippen LogP contribution >= 0.6 is 0 Å². The molecular weight excluding hydrogens is 217 g/mol. The van der Waals surface area contributed by atoms with Crippen LogP contribution in [0.3, 0.4) is 0 Å². The summed E-state index contributed by atoms with van der Waals surface area (Å²) in [6, 6.07) is 8.56. The molecule has 0 aliphatic heterocycles. The molecule has 0 saturated carbocycles. The lowest BCUT2D eigenvalue weighted by Crippen LogP contribution is -2.26. The Kier molecular flexibility index (Phi) is 3.54. The molecule has 0 spiro atoms. The van der Waals surface area contributed by atoms with Gasteiger partial charge >= 0.3 is 0 Å². The van der Waals surface area contributed by atoms with Crippen LogP contribution in [0.4, 0.5) is 4.39 Å². The SMILES string of the molecule is Cn1ccc(CC(N)Cc2ccccc2F)n1. The summed E-state index contributed by atoms with van der Waals surface area (Å²) in [5, 5.41) is 4.26. The maximum Gasteiger partial charge on any atom is 0.126 e. The summed E-state index contributed by atoms with van der Waals surface area (Å²) in [5.41, 5.74) is 7.60. The zero-order valence-corrected chi connectivity index (χ0v) is 9.81. The van der Waals surface area contributed by atoms with Crippen molar-refractivity contribution < 1.29 is 4.39 Å². The Balaban J connectivity index is 1.98. The number of nitrogens with two attached hydrogens (primary N) is 1. The van der Waals surface area contributed by atoms with Crippen LogP contribution in [-0.4, -0.2) is 15.8 Å². The molecule has 0 aliphatic rings. The first kappa shape index (κ1) is 11.8. The fourth-order valence-corrected chi connectivity index (χ4v) is 1.86. The number of rotatable bonds is 4. The van der Waals surface area contributed by atoms with Crippen LogP contribution in [0.2, 0.25) is 0 Å². The van der Waals surface area contributed by atoms with E-state index in [2.05, 4.69) is 5.10 Å². The summed E-state index contributed by atoms with van der Waals surface area (Å²) in [6.07, 6.45) is 3.07. The summed E-state index contributed by atoms with van der Waals surface area (Å²) in [5.74, 6) is -0.191. The third kappa shape index (κ3) is 3.14. The van der Waals surface area contributed by atoms with Crippen molar-refractivity contribution in [3.05, 3.63) is 53.6 Å². The Morgan fingerprint density at radius 1 is 1.29 bits per heavy atom. The molecule has 3 nitrogen and oxygen atoms in total.